The molecule has 2 aliphatic heterocycles. The zero-order valence-corrected chi connectivity index (χ0v) is 48.2. The average Bonchev–Trinajstić information content (AvgIpc) is 3.46. The Kier molecular flexibility index (Phi) is 23.6. The number of unbranched alkanes of at least 4 members (excludes halogenated alkanes) is 1. The van der Waals surface area contributed by atoms with Crippen LogP contribution >= 0.6 is 46.4 Å². The van der Waals surface area contributed by atoms with Crippen molar-refractivity contribution in [3.63, 3.8) is 0 Å². The van der Waals surface area contributed by atoms with Gasteiger partial charge in [0.05, 0.1) is 64.2 Å². The fourth-order valence-corrected chi connectivity index (χ4v) is 10.9. The standard InChI is InChI=1S/C58H70Cl4N12O6/c1-73-33-47(45-27-43(59)29-51(61)49(45)35-73)39-7-5-9-41(25-39)53-31-55(71-37-69-53)63-13-17-77-21-23-79-19-15-67-57(75)65-11-3-4-12-66-58(76)68-16-20-80-24-22-78-18-14-64-56-32-54(70-38-72-56)42-10-6-8-40(26-42)48-34-74(2)36-50-46(48)28-44(60)30-52(50)62/h5-10,25-32,37-38,47-48H,3-4,11-24,33-36H2,1-2H3,(H,63,69,71)(H,64,70,72)(H2,65,67,75)(H2,66,68,76)/t47-,48-/m0/s1. The Balaban J connectivity index is 0.583. The third-order valence-corrected chi connectivity index (χ3v) is 14.7. The minimum atomic E-state index is -0.272. The molecule has 0 spiro atoms. The van der Waals surface area contributed by atoms with Crippen molar-refractivity contribution in [3.05, 3.63) is 151 Å². The summed E-state index contributed by atoms with van der Waals surface area (Å²) >= 11 is 26.1. The largest absolute Gasteiger partial charge is 0.377 e. The summed E-state index contributed by atoms with van der Waals surface area (Å²) in [7, 11) is 4.21. The molecule has 0 aliphatic carbocycles. The van der Waals surface area contributed by atoms with Crippen molar-refractivity contribution in [3.8, 4) is 22.5 Å². The van der Waals surface area contributed by atoms with E-state index in [1.165, 1.54) is 11.1 Å². The van der Waals surface area contributed by atoms with Crippen LogP contribution in [-0.4, -0.2) is 161 Å². The SMILES string of the molecule is CN1Cc2c(Cl)cc(Cl)cc2[C@H](c2cccc(-c3cc(NCCOCCOCCNC(=O)NCCCCNC(=O)NCCOCCOCCNc4cc(-c5cccc([C@@H]6CN(C)Cc7c(Cl)cc(Cl)cc76)c5)ncn4)ncn3)c2)C1. The van der Waals surface area contributed by atoms with E-state index in [0.29, 0.717) is 137 Å². The first kappa shape index (κ1) is 60.2. The van der Waals surface area contributed by atoms with Gasteiger partial charge in [-0.15, -0.1) is 0 Å². The summed E-state index contributed by atoms with van der Waals surface area (Å²) in [6, 6.07) is 27.9. The summed E-state index contributed by atoms with van der Waals surface area (Å²) in [6.07, 6.45) is 4.53. The number of anilines is 2. The molecule has 0 saturated carbocycles. The summed E-state index contributed by atoms with van der Waals surface area (Å²) in [5.41, 5.74) is 10.5. The summed E-state index contributed by atoms with van der Waals surface area (Å²) in [4.78, 5) is 46.8. The van der Waals surface area contributed by atoms with Crippen molar-refractivity contribution in [1.82, 2.24) is 51.0 Å². The van der Waals surface area contributed by atoms with Gasteiger partial charge in [-0.25, -0.2) is 29.5 Å². The van der Waals surface area contributed by atoms with E-state index < -0.39 is 0 Å². The zero-order valence-electron chi connectivity index (χ0n) is 45.2. The van der Waals surface area contributed by atoms with Gasteiger partial charge in [-0.1, -0.05) is 82.8 Å². The van der Waals surface area contributed by atoms with Crippen molar-refractivity contribution < 1.29 is 28.5 Å². The second-order valence-electron chi connectivity index (χ2n) is 19.6. The van der Waals surface area contributed by atoms with Crippen LogP contribution in [0, 0.1) is 0 Å². The average molecular weight is 1170 g/mol. The van der Waals surface area contributed by atoms with Gasteiger partial charge >= 0.3 is 12.1 Å². The van der Waals surface area contributed by atoms with Crippen LogP contribution in [0.4, 0.5) is 21.2 Å². The third kappa shape index (κ3) is 18.3. The van der Waals surface area contributed by atoms with E-state index in [1.54, 1.807) is 12.7 Å². The molecule has 6 aromatic rings. The lowest BCUT2D eigenvalue weighted by Gasteiger charge is -2.33. The summed E-state index contributed by atoms with van der Waals surface area (Å²) in [5, 5.41) is 20.5. The summed E-state index contributed by atoms with van der Waals surface area (Å²) in [5.74, 6) is 1.65. The second-order valence-corrected chi connectivity index (χ2v) is 21.3. The number of halogens is 4. The molecule has 6 N–H and O–H groups in total. The highest BCUT2D eigenvalue weighted by molar-refractivity contribution is 6.35. The van der Waals surface area contributed by atoms with Gasteiger partial charge in [0.25, 0.3) is 0 Å². The molecule has 0 fully saturated rings. The number of benzene rings is 4. The number of amides is 4. The van der Waals surface area contributed by atoms with Crippen LogP contribution in [0.25, 0.3) is 22.5 Å². The van der Waals surface area contributed by atoms with E-state index in [9.17, 15) is 9.59 Å². The Morgan fingerprint density at radius 2 is 0.900 bits per heavy atom. The first-order chi connectivity index (χ1) is 39.0. The second kappa shape index (κ2) is 31.3. The highest BCUT2D eigenvalue weighted by Crippen LogP contribution is 2.41. The van der Waals surface area contributed by atoms with Crippen molar-refractivity contribution in [2.24, 2.45) is 0 Å². The topological polar surface area (TPSA) is 201 Å². The number of hydrogen-bond donors (Lipinski definition) is 6. The molecule has 4 aromatic carbocycles. The van der Waals surface area contributed by atoms with Crippen LogP contribution < -0.4 is 31.9 Å². The van der Waals surface area contributed by atoms with Gasteiger partial charge in [0.15, 0.2) is 0 Å². The van der Waals surface area contributed by atoms with Gasteiger partial charge in [-0.05, 0) is 96.7 Å². The number of nitrogens with zero attached hydrogens (tertiary/aromatic N) is 6. The lowest BCUT2D eigenvalue weighted by atomic mass is 9.84. The lowest BCUT2D eigenvalue weighted by Crippen LogP contribution is -2.39. The van der Waals surface area contributed by atoms with E-state index in [2.05, 4.69) is 124 Å². The van der Waals surface area contributed by atoms with E-state index in [0.717, 1.165) is 70.9 Å². The molecule has 0 bridgehead atoms. The first-order valence-corrected chi connectivity index (χ1v) is 28.5. The molecule has 0 radical (unpaired) electrons. The Labute approximate surface area is 488 Å². The third-order valence-electron chi connectivity index (χ3n) is 13.6. The van der Waals surface area contributed by atoms with E-state index in [-0.39, 0.29) is 23.9 Å². The molecular weight excluding hydrogens is 1100 g/mol. The number of fused-ring (bicyclic) bond motifs is 2. The molecule has 0 saturated heterocycles. The number of carbonyl (C=O) groups excluding carboxylic acids is 2. The van der Waals surface area contributed by atoms with Gasteiger partial charge in [-0.3, -0.25) is 0 Å². The number of likely N-dealkylation sites (N-methyl/N-ethyl adjacent to an activating group) is 2. The van der Waals surface area contributed by atoms with Gasteiger partial charge in [-0.2, -0.15) is 0 Å². The summed E-state index contributed by atoms with van der Waals surface area (Å²) in [6.45, 7) is 9.33. The van der Waals surface area contributed by atoms with Gasteiger partial charge < -0.3 is 60.6 Å². The molecule has 2 atom stereocenters. The maximum Gasteiger partial charge on any atom is 0.314 e. The minimum Gasteiger partial charge on any atom is -0.377 e. The van der Waals surface area contributed by atoms with E-state index in [4.69, 9.17) is 65.4 Å². The molecule has 8 rings (SSSR count). The van der Waals surface area contributed by atoms with E-state index >= 15 is 0 Å². The molecular formula is C58H70Cl4N12O6. The maximum absolute atomic E-state index is 12.2. The molecule has 4 heterocycles. The Morgan fingerprint density at radius 1 is 0.500 bits per heavy atom. The van der Waals surface area contributed by atoms with Crippen LogP contribution in [0.2, 0.25) is 20.1 Å². The van der Waals surface area contributed by atoms with Crippen molar-refractivity contribution >= 4 is 70.1 Å². The Morgan fingerprint density at radius 3 is 1.32 bits per heavy atom. The Hall–Kier alpha value is -5.90. The van der Waals surface area contributed by atoms with Crippen molar-refractivity contribution in [2.75, 3.05) is 130 Å². The number of carbonyl (C=O) groups is 2. The van der Waals surface area contributed by atoms with Crippen molar-refractivity contribution in [1.29, 1.82) is 0 Å². The smallest absolute Gasteiger partial charge is 0.314 e. The van der Waals surface area contributed by atoms with E-state index in [1.807, 2.05) is 36.4 Å². The molecule has 2 aromatic heterocycles. The van der Waals surface area contributed by atoms with Crippen LogP contribution in [0.3, 0.4) is 0 Å². The minimum absolute atomic E-state index is 0.125. The molecule has 4 amide bonds. The quantitative estimate of drug-likeness (QED) is 0.0243. The summed E-state index contributed by atoms with van der Waals surface area (Å²) < 4.78 is 22.7. The molecule has 22 heteroatoms. The highest BCUT2D eigenvalue weighted by atomic mass is 35.5. The number of aromatic nitrogens is 4. The van der Waals surface area contributed by atoms with Crippen molar-refractivity contribution in [2.45, 2.75) is 37.8 Å². The van der Waals surface area contributed by atoms with Crippen LogP contribution in [0.5, 0.6) is 0 Å². The fraction of sp³-hybridized carbons (Fsp3) is 0.414. The molecule has 18 nitrogen and oxygen atoms in total. The van der Waals surface area contributed by atoms with Gasteiger partial charge in [0.2, 0.25) is 0 Å². The normalized spacial score (nSPS) is 15.2. The number of nitrogens with one attached hydrogen (secondary N) is 6. The number of rotatable bonds is 29. The molecule has 2 aliphatic rings. The lowest BCUT2D eigenvalue weighted by molar-refractivity contribution is 0.0533. The fourth-order valence-electron chi connectivity index (χ4n) is 9.71. The molecule has 426 valence electrons. The zero-order chi connectivity index (χ0) is 56.1. The first-order valence-electron chi connectivity index (χ1n) is 27.0. The Bertz CT molecular complexity index is 2790. The number of hydrogen-bond acceptors (Lipinski definition) is 14. The van der Waals surface area contributed by atoms with Crippen LogP contribution in [-0.2, 0) is 32.0 Å². The van der Waals surface area contributed by atoms with Crippen LogP contribution in [0.1, 0.15) is 58.1 Å². The highest BCUT2D eigenvalue weighted by Gasteiger charge is 2.29. The molecule has 80 heavy (non-hydrogen) atoms. The molecule has 0 unspecified atom stereocenters. The monoisotopic (exact) mass is 1170 g/mol. The predicted molar refractivity (Wildman–Crippen MR) is 317 cm³/mol. The number of urea groups is 2. The van der Waals surface area contributed by atoms with Gasteiger partial charge in [0.1, 0.15) is 24.3 Å². The van der Waals surface area contributed by atoms with Gasteiger partial charge in [0, 0.05) is 121 Å². The van der Waals surface area contributed by atoms with Crippen LogP contribution in [0.15, 0.2) is 97.6 Å². The number of ether oxygens (including phenoxy) is 4. The predicted octanol–water partition coefficient (Wildman–Crippen LogP) is 9.34. The maximum atomic E-state index is 12.2.